The molecule has 0 saturated heterocycles. The molecule has 0 spiro atoms. The van der Waals surface area contributed by atoms with Crippen LogP contribution in [0.15, 0.2) is 17.8 Å². The lowest BCUT2D eigenvalue weighted by Crippen LogP contribution is -2.04. The molecule has 2 rings (SSSR count). The van der Waals surface area contributed by atoms with E-state index in [4.69, 9.17) is 4.74 Å². The van der Waals surface area contributed by atoms with Crippen LogP contribution in [0.5, 0.6) is 0 Å². The molecule has 0 fully saturated rings. The maximum absolute atomic E-state index is 11.7. The Balaban J connectivity index is 1.90. The van der Waals surface area contributed by atoms with Crippen LogP contribution < -0.4 is 0 Å². The number of carbonyl (C=O) groups is 1. The van der Waals surface area contributed by atoms with Crippen LogP contribution in [0.4, 0.5) is 0 Å². The monoisotopic (exact) mass is 265 g/mol. The van der Waals surface area contributed by atoms with Crippen LogP contribution in [0, 0.1) is 5.92 Å². The van der Waals surface area contributed by atoms with Gasteiger partial charge in [-0.3, -0.25) is 10.1 Å². The van der Waals surface area contributed by atoms with Gasteiger partial charge in [0, 0.05) is 11.9 Å². The number of rotatable bonds is 5. The molecule has 0 saturated carbocycles. The minimum Gasteiger partial charge on any atom is -0.455 e. The molecule has 0 bridgehead atoms. The number of hydrogen-bond donors (Lipinski definition) is 1. The van der Waals surface area contributed by atoms with E-state index in [1.54, 1.807) is 17.8 Å². The maximum atomic E-state index is 11.7. The molecule has 0 amide bonds. The quantitative estimate of drug-likeness (QED) is 0.843. The predicted octanol–water partition coefficient (Wildman–Crippen LogP) is 2.42. The van der Waals surface area contributed by atoms with Crippen LogP contribution in [-0.2, 0) is 17.8 Å². The number of thiazole rings is 1. The first-order valence-corrected chi connectivity index (χ1v) is 6.62. The maximum Gasteiger partial charge on any atom is 0.359 e. The summed E-state index contributed by atoms with van der Waals surface area (Å²) in [5.41, 5.74) is 2.99. The third-order valence-electron chi connectivity index (χ3n) is 2.30. The van der Waals surface area contributed by atoms with Crippen molar-refractivity contribution in [2.24, 2.45) is 5.92 Å². The molecule has 2 aromatic heterocycles. The summed E-state index contributed by atoms with van der Waals surface area (Å²) in [6.07, 6.45) is 2.56. The molecule has 18 heavy (non-hydrogen) atoms. The molecule has 0 radical (unpaired) electrons. The standard InChI is InChI=1S/C12H15N3O2S/c1-8(2)3-9-4-11(15-14-9)12(16)17-6-10-5-13-7-18-10/h4-5,7-8H,3,6H2,1-2H3,(H,14,15). The van der Waals surface area contributed by atoms with Gasteiger partial charge >= 0.3 is 5.97 Å². The molecule has 6 heteroatoms. The Labute approximate surface area is 109 Å². The van der Waals surface area contributed by atoms with Gasteiger partial charge in [0.15, 0.2) is 5.69 Å². The minimum atomic E-state index is -0.408. The smallest absolute Gasteiger partial charge is 0.359 e. The predicted molar refractivity (Wildman–Crippen MR) is 68.4 cm³/mol. The van der Waals surface area contributed by atoms with E-state index in [0.29, 0.717) is 11.6 Å². The lowest BCUT2D eigenvalue weighted by Gasteiger charge is -2.00. The van der Waals surface area contributed by atoms with Crippen molar-refractivity contribution >= 4 is 17.3 Å². The zero-order chi connectivity index (χ0) is 13.0. The topological polar surface area (TPSA) is 67.9 Å². The lowest BCUT2D eigenvalue weighted by molar-refractivity contribution is 0.0469. The molecule has 2 aromatic rings. The second-order valence-electron chi connectivity index (χ2n) is 4.42. The van der Waals surface area contributed by atoms with Crippen LogP contribution in [0.3, 0.4) is 0 Å². The number of H-pyrrole nitrogens is 1. The van der Waals surface area contributed by atoms with E-state index in [9.17, 15) is 4.79 Å². The molecule has 96 valence electrons. The summed E-state index contributed by atoms with van der Waals surface area (Å²) in [5.74, 6) is 0.112. The number of aromatic amines is 1. The molecule has 2 heterocycles. The Morgan fingerprint density at radius 1 is 1.56 bits per heavy atom. The number of nitrogens with zero attached hydrogens (tertiary/aromatic N) is 2. The summed E-state index contributed by atoms with van der Waals surface area (Å²) < 4.78 is 5.14. The zero-order valence-corrected chi connectivity index (χ0v) is 11.2. The molecule has 0 aliphatic heterocycles. The average Bonchev–Trinajstić information content (AvgIpc) is 2.95. The van der Waals surface area contributed by atoms with Gasteiger partial charge in [-0.15, -0.1) is 11.3 Å². The van der Waals surface area contributed by atoms with Crippen molar-refractivity contribution in [1.82, 2.24) is 15.2 Å². The van der Waals surface area contributed by atoms with Gasteiger partial charge in [0.05, 0.1) is 10.4 Å². The molecule has 0 atom stereocenters. The third kappa shape index (κ3) is 3.40. The highest BCUT2D eigenvalue weighted by Crippen LogP contribution is 2.10. The SMILES string of the molecule is CC(C)Cc1cc(C(=O)OCc2cncs2)n[nH]1. The minimum absolute atomic E-state index is 0.246. The molecule has 0 aliphatic carbocycles. The van der Waals surface area contributed by atoms with E-state index in [-0.39, 0.29) is 6.61 Å². The number of carbonyl (C=O) groups excluding carboxylic acids is 1. The first-order chi connectivity index (χ1) is 8.65. The van der Waals surface area contributed by atoms with Crippen LogP contribution in [0.1, 0.15) is 34.9 Å². The van der Waals surface area contributed by atoms with E-state index in [2.05, 4.69) is 29.0 Å². The van der Waals surface area contributed by atoms with Crippen molar-refractivity contribution in [3.63, 3.8) is 0 Å². The van der Waals surface area contributed by atoms with Crippen molar-refractivity contribution in [3.05, 3.63) is 34.0 Å². The molecule has 5 nitrogen and oxygen atoms in total. The van der Waals surface area contributed by atoms with Crippen molar-refractivity contribution in [1.29, 1.82) is 0 Å². The Kier molecular flexibility index (Phi) is 4.09. The van der Waals surface area contributed by atoms with Gasteiger partial charge in [0.25, 0.3) is 0 Å². The summed E-state index contributed by atoms with van der Waals surface area (Å²) in [6, 6.07) is 1.75. The van der Waals surface area contributed by atoms with E-state index in [0.717, 1.165) is 17.0 Å². The number of ether oxygens (including phenoxy) is 1. The van der Waals surface area contributed by atoms with E-state index < -0.39 is 5.97 Å². The van der Waals surface area contributed by atoms with E-state index >= 15 is 0 Å². The van der Waals surface area contributed by atoms with Crippen molar-refractivity contribution in [3.8, 4) is 0 Å². The molecular formula is C12H15N3O2S. The number of hydrogen-bond acceptors (Lipinski definition) is 5. The summed E-state index contributed by atoms with van der Waals surface area (Å²) in [4.78, 5) is 16.6. The van der Waals surface area contributed by atoms with E-state index in [1.807, 2.05) is 0 Å². The summed E-state index contributed by atoms with van der Waals surface area (Å²) in [6.45, 7) is 4.47. The average molecular weight is 265 g/mol. The zero-order valence-electron chi connectivity index (χ0n) is 10.3. The van der Waals surface area contributed by atoms with Crippen molar-refractivity contribution in [2.75, 3.05) is 0 Å². The fourth-order valence-electron chi connectivity index (χ4n) is 1.53. The van der Waals surface area contributed by atoms with Gasteiger partial charge in [-0.05, 0) is 18.4 Å². The summed E-state index contributed by atoms with van der Waals surface area (Å²) in [7, 11) is 0. The third-order valence-corrected chi connectivity index (χ3v) is 3.05. The summed E-state index contributed by atoms with van der Waals surface area (Å²) in [5, 5.41) is 6.81. The highest BCUT2D eigenvalue weighted by atomic mass is 32.1. The van der Waals surface area contributed by atoms with E-state index in [1.165, 1.54) is 11.3 Å². The van der Waals surface area contributed by atoms with Gasteiger partial charge in [0.2, 0.25) is 0 Å². The Morgan fingerprint density at radius 3 is 3.06 bits per heavy atom. The molecule has 0 unspecified atom stereocenters. The fraction of sp³-hybridized carbons (Fsp3) is 0.417. The fourth-order valence-corrected chi connectivity index (χ4v) is 2.04. The van der Waals surface area contributed by atoms with Crippen LogP contribution in [0.25, 0.3) is 0 Å². The highest BCUT2D eigenvalue weighted by molar-refractivity contribution is 7.09. The Bertz CT molecular complexity index is 505. The first-order valence-electron chi connectivity index (χ1n) is 5.74. The second kappa shape index (κ2) is 5.77. The lowest BCUT2D eigenvalue weighted by atomic mass is 10.1. The molecule has 1 N–H and O–H groups in total. The van der Waals surface area contributed by atoms with Gasteiger partial charge in [-0.25, -0.2) is 4.79 Å². The van der Waals surface area contributed by atoms with Crippen molar-refractivity contribution in [2.45, 2.75) is 26.9 Å². The van der Waals surface area contributed by atoms with Gasteiger partial charge in [-0.2, -0.15) is 5.10 Å². The van der Waals surface area contributed by atoms with Gasteiger partial charge in [0.1, 0.15) is 6.61 Å². The number of aromatic nitrogens is 3. The van der Waals surface area contributed by atoms with Gasteiger partial charge < -0.3 is 4.74 Å². The van der Waals surface area contributed by atoms with Crippen LogP contribution in [-0.4, -0.2) is 21.2 Å². The first kappa shape index (κ1) is 12.8. The Morgan fingerprint density at radius 2 is 2.39 bits per heavy atom. The van der Waals surface area contributed by atoms with Crippen LogP contribution in [0.2, 0.25) is 0 Å². The number of esters is 1. The molecular weight excluding hydrogens is 250 g/mol. The second-order valence-corrected chi connectivity index (χ2v) is 5.39. The van der Waals surface area contributed by atoms with Crippen molar-refractivity contribution < 1.29 is 9.53 Å². The number of nitrogens with one attached hydrogen (secondary N) is 1. The highest BCUT2D eigenvalue weighted by Gasteiger charge is 2.13. The van der Waals surface area contributed by atoms with Gasteiger partial charge in [-0.1, -0.05) is 13.8 Å². The largest absolute Gasteiger partial charge is 0.455 e. The summed E-state index contributed by atoms with van der Waals surface area (Å²) >= 11 is 1.46. The molecule has 0 aliphatic rings. The normalized spacial score (nSPS) is 10.8. The Hall–Kier alpha value is -1.69. The van der Waals surface area contributed by atoms with Crippen LogP contribution >= 0.6 is 11.3 Å². The molecule has 0 aromatic carbocycles.